The van der Waals surface area contributed by atoms with Gasteiger partial charge >= 0.3 is 6.03 Å². The molecule has 0 bridgehead atoms. The van der Waals surface area contributed by atoms with Crippen molar-refractivity contribution < 1.29 is 14.3 Å². The van der Waals surface area contributed by atoms with E-state index in [2.05, 4.69) is 16.0 Å². The monoisotopic (exact) mass is 361 g/mol. The summed E-state index contributed by atoms with van der Waals surface area (Å²) in [6.45, 7) is 2.10. The predicted molar refractivity (Wildman–Crippen MR) is 99.5 cm³/mol. The van der Waals surface area contributed by atoms with Crippen molar-refractivity contribution in [1.29, 1.82) is 0 Å². The normalized spacial score (nSPS) is 10.0. The summed E-state index contributed by atoms with van der Waals surface area (Å²) in [5.74, 6) is 0.503. The summed E-state index contributed by atoms with van der Waals surface area (Å²) in [4.78, 5) is 23.7. The van der Waals surface area contributed by atoms with Crippen molar-refractivity contribution in [2.24, 2.45) is 0 Å². The number of amides is 3. The van der Waals surface area contributed by atoms with E-state index in [0.717, 1.165) is 5.56 Å². The number of halogens is 1. The Bertz CT molecular complexity index is 748. The Labute approximate surface area is 151 Å². The number of anilines is 2. The number of rotatable bonds is 6. The zero-order valence-electron chi connectivity index (χ0n) is 14.1. The van der Waals surface area contributed by atoms with Gasteiger partial charge in [0.25, 0.3) is 0 Å². The van der Waals surface area contributed by atoms with Crippen LogP contribution in [0.3, 0.4) is 0 Å². The second kappa shape index (κ2) is 8.94. The van der Waals surface area contributed by atoms with Crippen LogP contribution in [0.4, 0.5) is 16.2 Å². The molecule has 2 aromatic rings. The van der Waals surface area contributed by atoms with E-state index in [9.17, 15) is 9.59 Å². The Morgan fingerprint density at radius 1 is 1.04 bits per heavy atom. The van der Waals surface area contributed by atoms with Crippen molar-refractivity contribution in [2.45, 2.75) is 13.3 Å². The molecule has 0 aromatic heterocycles. The van der Waals surface area contributed by atoms with Gasteiger partial charge in [0.1, 0.15) is 5.75 Å². The van der Waals surface area contributed by atoms with Crippen LogP contribution in [-0.2, 0) is 4.79 Å². The van der Waals surface area contributed by atoms with Crippen LogP contribution in [0.1, 0.15) is 12.0 Å². The van der Waals surface area contributed by atoms with Gasteiger partial charge in [-0.05, 0) is 48.9 Å². The second-order valence-electron chi connectivity index (χ2n) is 5.37. The van der Waals surface area contributed by atoms with E-state index in [0.29, 0.717) is 22.1 Å². The number of carbonyl (C=O) groups excluding carboxylic acids is 2. The molecule has 0 unspecified atom stereocenters. The van der Waals surface area contributed by atoms with Crippen molar-refractivity contribution in [3.05, 3.63) is 53.1 Å². The number of hydrogen-bond acceptors (Lipinski definition) is 3. The van der Waals surface area contributed by atoms with Gasteiger partial charge in [-0.1, -0.05) is 17.7 Å². The third-order valence-electron chi connectivity index (χ3n) is 3.44. The lowest BCUT2D eigenvalue weighted by molar-refractivity contribution is -0.116. The molecule has 0 spiro atoms. The first kappa shape index (κ1) is 18.6. The molecule has 0 heterocycles. The number of urea groups is 1. The molecule has 0 fully saturated rings. The summed E-state index contributed by atoms with van der Waals surface area (Å²) >= 11 is 6.01. The minimum absolute atomic E-state index is 0.154. The molecule has 7 heteroatoms. The largest absolute Gasteiger partial charge is 0.497 e. The van der Waals surface area contributed by atoms with Gasteiger partial charge in [0.15, 0.2) is 0 Å². The van der Waals surface area contributed by atoms with Gasteiger partial charge in [0.05, 0.1) is 7.11 Å². The fraction of sp³-hybridized carbons (Fsp3) is 0.222. The Morgan fingerprint density at radius 2 is 1.72 bits per heavy atom. The van der Waals surface area contributed by atoms with Gasteiger partial charge in [-0.15, -0.1) is 0 Å². The minimum atomic E-state index is -0.378. The van der Waals surface area contributed by atoms with Crippen LogP contribution < -0.4 is 20.7 Å². The maximum Gasteiger partial charge on any atom is 0.319 e. The molecule has 2 rings (SSSR count). The highest BCUT2D eigenvalue weighted by Gasteiger charge is 2.06. The molecule has 6 nitrogen and oxygen atoms in total. The van der Waals surface area contributed by atoms with E-state index in [4.69, 9.17) is 16.3 Å². The van der Waals surface area contributed by atoms with Gasteiger partial charge in [0, 0.05) is 29.4 Å². The van der Waals surface area contributed by atoms with E-state index >= 15 is 0 Å². The Kier molecular flexibility index (Phi) is 6.65. The lowest BCUT2D eigenvalue weighted by Gasteiger charge is -2.09. The number of aryl methyl sites for hydroxylation is 1. The zero-order valence-corrected chi connectivity index (χ0v) is 14.8. The van der Waals surface area contributed by atoms with E-state index in [1.165, 1.54) is 0 Å². The standard InChI is InChI=1S/C18H20ClN3O3/c1-12-3-4-14(11-16(12)19)21-17(23)9-10-20-18(24)22-13-5-7-15(25-2)8-6-13/h3-8,11H,9-10H2,1-2H3,(H,21,23)(H2,20,22,24). The Hall–Kier alpha value is -2.73. The lowest BCUT2D eigenvalue weighted by Crippen LogP contribution is -2.31. The number of carbonyl (C=O) groups is 2. The number of methoxy groups -OCH3 is 1. The first-order valence-corrected chi connectivity index (χ1v) is 8.10. The molecular formula is C18H20ClN3O3. The molecule has 132 valence electrons. The molecule has 2 aromatic carbocycles. The summed E-state index contributed by atoms with van der Waals surface area (Å²) in [7, 11) is 1.57. The zero-order chi connectivity index (χ0) is 18.2. The third-order valence-corrected chi connectivity index (χ3v) is 3.85. The van der Waals surface area contributed by atoms with Crippen molar-refractivity contribution >= 4 is 34.9 Å². The van der Waals surface area contributed by atoms with Crippen LogP contribution in [0.5, 0.6) is 5.75 Å². The van der Waals surface area contributed by atoms with E-state index in [1.54, 1.807) is 43.5 Å². The van der Waals surface area contributed by atoms with Crippen molar-refractivity contribution in [3.63, 3.8) is 0 Å². The van der Waals surface area contributed by atoms with Crippen molar-refractivity contribution in [3.8, 4) is 5.75 Å². The summed E-state index contributed by atoms with van der Waals surface area (Å²) in [5, 5.41) is 8.63. The average Bonchev–Trinajstić information content (AvgIpc) is 2.59. The van der Waals surface area contributed by atoms with Crippen LogP contribution in [0.2, 0.25) is 5.02 Å². The Balaban J connectivity index is 1.72. The summed E-state index contributed by atoms with van der Waals surface area (Å²) in [5.41, 5.74) is 2.21. The van der Waals surface area contributed by atoms with Gasteiger partial charge in [-0.3, -0.25) is 4.79 Å². The highest BCUT2D eigenvalue weighted by atomic mass is 35.5. The highest BCUT2D eigenvalue weighted by Crippen LogP contribution is 2.20. The van der Waals surface area contributed by atoms with Gasteiger partial charge in [-0.25, -0.2) is 4.79 Å². The molecule has 0 saturated carbocycles. The van der Waals surface area contributed by atoms with Crippen LogP contribution in [0, 0.1) is 6.92 Å². The highest BCUT2D eigenvalue weighted by molar-refractivity contribution is 6.31. The SMILES string of the molecule is COc1ccc(NC(=O)NCCC(=O)Nc2ccc(C)c(Cl)c2)cc1. The number of hydrogen-bond donors (Lipinski definition) is 3. The van der Waals surface area contributed by atoms with Crippen LogP contribution in [0.15, 0.2) is 42.5 Å². The molecule has 3 amide bonds. The van der Waals surface area contributed by atoms with Gasteiger partial charge < -0.3 is 20.7 Å². The third kappa shape index (κ3) is 6.00. The molecule has 0 saturated heterocycles. The number of ether oxygens (including phenoxy) is 1. The van der Waals surface area contributed by atoms with Crippen molar-refractivity contribution in [1.82, 2.24) is 5.32 Å². The molecule has 0 aliphatic rings. The minimum Gasteiger partial charge on any atom is -0.497 e. The quantitative estimate of drug-likeness (QED) is 0.732. The first-order chi connectivity index (χ1) is 12.0. The van der Waals surface area contributed by atoms with E-state index < -0.39 is 0 Å². The summed E-state index contributed by atoms with van der Waals surface area (Å²) in [6, 6.07) is 11.9. The molecule has 3 N–H and O–H groups in total. The smallest absolute Gasteiger partial charge is 0.319 e. The predicted octanol–water partition coefficient (Wildman–Crippen LogP) is 3.81. The van der Waals surface area contributed by atoms with E-state index in [-0.39, 0.29) is 24.9 Å². The van der Waals surface area contributed by atoms with Crippen LogP contribution in [0.25, 0.3) is 0 Å². The topological polar surface area (TPSA) is 79.5 Å². The first-order valence-electron chi connectivity index (χ1n) is 7.73. The van der Waals surface area contributed by atoms with Crippen molar-refractivity contribution in [2.75, 3.05) is 24.3 Å². The molecular weight excluding hydrogens is 342 g/mol. The fourth-order valence-electron chi connectivity index (χ4n) is 2.03. The number of benzene rings is 2. The molecule has 0 atom stereocenters. The maximum absolute atomic E-state index is 11.9. The second-order valence-corrected chi connectivity index (χ2v) is 5.78. The summed E-state index contributed by atoms with van der Waals surface area (Å²) in [6.07, 6.45) is 0.154. The van der Waals surface area contributed by atoms with Gasteiger partial charge in [-0.2, -0.15) is 0 Å². The molecule has 0 radical (unpaired) electrons. The van der Waals surface area contributed by atoms with Crippen LogP contribution >= 0.6 is 11.6 Å². The van der Waals surface area contributed by atoms with Crippen LogP contribution in [-0.4, -0.2) is 25.6 Å². The average molecular weight is 362 g/mol. The molecule has 25 heavy (non-hydrogen) atoms. The lowest BCUT2D eigenvalue weighted by atomic mass is 10.2. The summed E-state index contributed by atoms with van der Waals surface area (Å²) < 4.78 is 5.05. The fourth-order valence-corrected chi connectivity index (χ4v) is 2.21. The number of nitrogens with one attached hydrogen (secondary N) is 3. The maximum atomic E-state index is 11.9. The molecule has 0 aliphatic carbocycles. The molecule has 0 aliphatic heterocycles. The van der Waals surface area contributed by atoms with Gasteiger partial charge in [0.2, 0.25) is 5.91 Å². The van der Waals surface area contributed by atoms with E-state index in [1.807, 2.05) is 13.0 Å². The Morgan fingerprint density at radius 3 is 2.36 bits per heavy atom.